The molecule has 0 amide bonds. The van der Waals surface area contributed by atoms with Crippen LogP contribution in [0.5, 0.6) is 5.75 Å². The lowest BCUT2D eigenvalue weighted by Gasteiger charge is -2.17. The third-order valence-electron chi connectivity index (χ3n) is 2.43. The number of allylic oxidation sites excluding steroid dienone is 1. The molecule has 2 nitrogen and oxygen atoms in total. The van der Waals surface area contributed by atoms with E-state index in [0.717, 1.165) is 24.4 Å². The second kappa shape index (κ2) is 4.21. The van der Waals surface area contributed by atoms with Crippen molar-refractivity contribution >= 4 is 29.1 Å². The number of halogens is 1. The minimum absolute atomic E-state index is 0.955. The van der Waals surface area contributed by atoms with E-state index in [1.54, 1.807) is 7.11 Å². The van der Waals surface area contributed by atoms with E-state index in [9.17, 15) is 0 Å². The number of fused-ring (bicyclic) bond motifs is 1. The number of hydrogen-bond acceptors (Lipinski definition) is 2. The van der Waals surface area contributed by atoms with E-state index in [-0.39, 0.29) is 0 Å². The van der Waals surface area contributed by atoms with Crippen LogP contribution in [-0.2, 0) is 9.49 Å². The molecule has 0 radical (unpaired) electrons. The van der Waals surface area contributed by atoms with Gasteiger partial charge in [-0.05, 0) is 24.1 Å². The van der Waals surface area contributed by atoms with Gasteiger partial charge in [0.05, 0.1) is 7.11 Å². The monoisotopic (exact) mass is 302 g/mol. The minimum atomic E-state index is 0.955. The van der Waals surface area contributed by atoms with Gasteiger partial charge >= 0.3 is 0 Å². The van der Waals surface area contributed by atoms with E-state index in [1.165, 1.54) is 11.1 Å². The van der Waals surface area contributed by atoms with Crippen LogP contribution in [0.3, 0.4) is 0 Å². The summed E-state index contributed by atoms with van der Waals surface area (Å²) in [5.41, 5.74) is 2.49. The van der Waals surface area contributed by atoms with Gasteiger partial charge in [-0.15, -0.1) is 0 Å². The van der Waals surface area contributed by atoms with Crippen molar-refractivity contribution in [3.05, 3.63) is 35.1 Å². The third kappa shape index (κ3) is 1.73. The molecule has 0 atom stereocenters. The van der Waals surface area contributed by atoms with Gasteiger partial charge in [-0.25, -0.2) is 0 Å². The zero-order valence-corrected chi connectivity index (χ0v) is 10.1. The highest BCUT2D eigenvalue weighted by Gasteiger charge is 2.14. The van der Waals surface area contributed by atoms with Crippen LogP contribution in [0.15, 0.2) is 24.0 Å². The first-order chi connectivity index (χ1) is 6.85. The maximum Gasteiger partial charge on any atom is 0.192 e. The number of ether oxygens (including phenoxy) is 1. The second-order valence-electron chi connectivity index (χ2n) is 3.22. The average molecular weight is 302 g/mol. The predicted octanol–water partition coefficient (Wildman–Crippen LogP) is 3.35. The highest BCUT2D eigenvalue weighted by atomic mass is 127. The summed E-state index contributed by atoms with van der Waals surface area (Å²) in [6.07, 6.45) is 4.03. The van der Waals surface area contributed by atoms with Gasteiger partial charge in [-0.3, -0.25) is 0 Å². The van der Waals surface area contributed by atoms with Crippen molar-refractivity contribution in [1.29, 1.82) is 0 Å². The van der Waals surface area contributed by atoms with E-state index < -0.39 is 0 Å². The van der Waals surface area contributed by atoms with Crippen molar-refractivity contribution in [2.75, 3.05) is 7.11 Å². The van der Waals surface area contributed by atoms with Crippen LogP contribution in [-0.4, -0.2) is 7.11 Å². The van der Waals surface area contributed by atoms with Crippen molar-refractivity contribution in [2.45, 2.75) is 12.8 Å². The smallest absolute Gasteiger partial charge is 0.192 e. The summed E-state index contributed by atoms with van der Waals surface area (Å²) < 4.78 is 10.5. The molecule has 2 rings (SSSR count). The van der Waals surface area contributed by atoms with Crippen molar-refractivity contribution < 1.29 is 7.80 Å². The number of methoxy groups -OCH3 is 1. The van der Waals surface area contributed by atoms with Crippen molar-refractivity contribution in [3.63, 3.8) is 0 Å². The topological polar surface area (TPSA) is 18.5 Å². The van der Waals surface area contributed by atoms with Crippen LogP contribution >= 0.6 is 23.0 Å². The van der Waals surface area contributed by atoms with Crippen LogP contribution in [0.1, 0.15) is 17.5 Å². The molecule has 0 fully saturated rings. The molecular weight excluding hydrogens is 291 g/mol. The molecule has 14 heavy (non-hydrogen) atoms. The first-order valence-electron chi connectivity index (χ1n) is 4.50. The standard InChI is InChI=1S/C11H11IO2/c1-13-11-4-2-3-8-7-9(14-12)5-6-10(8)11/h2-4,7H,5-6H2,1H3. The quantitative estimate of drug-likeness (QED) is 0.780. The number of rotatable bonds is 2. The molecule has 0 saturated heterocycles. The predicted molar refractivity (Wildman–Crippen MR) is 64.4 cm³/mol. The Morgan fingerprint density at radius 2 is 2.14 bits per heavy atom. The van der Waals surface area contributed by atoms with Crippen molar-refractivity contribution in [2.24, 2.45) is 0 Å². The van der Waals surface area contributed by atoms with Crippen LogP contribution in [0.25, 0.3) is 6.08 Å². The third-order valence-corrected chi connectivity index (χ3v) is 2.99. The van der Waals surface area contributed by atoms with E-state index in [4.69, 9.17) is 7.80 Å². The summed E-state index contributed by atoms with van der Waals surface area (Å²) in [6.45, 7) is 0. The highest BCUT2D eigenvalue weighted by Crippen LogP contribution is 2.31. The molecule has 1 aliphatic rings. The van der Waals surface area contributed by atoms with Gasteiger partial charge in [0.2, 0.25) is 0 Å². The van der Waals surface area contributed by atoms with Gasteiger partial charge in [-0.1, -0.05) is 12.1 Å². The Bertz CT molecular complexity index is 372. The molecule has 0 saturated carbocycles. The maximum atomic E-state index is 5.31. The molecule has 0 unspecified atom stereocenters. The molecule has 1 aromatic rings. The molecule has 0 spiro atoms. The first-order valence-corrected chi connectivity index (χ1v) is 5.38. The Labute approximate surface area is 97.6 Å². The minimum Gasteiger partial charge on any atom is -0.496 e. The molecule has 0 N–H and O–H groups in total. The van der Waals surface area contributed by atoms with E-state index in [2.05, 4.69) is 12.1 Å². The van der Waals surface area contributed by atoms with E-state index in [1.807, 2.05) is 35.1 Å². The summed E-state index contributed by atoms with van der Waals surface area (Å²) in [5, 5.41) is 0. The molecule has 0 aromatic heterocycles. The van der Waals surface area contributed by atoms with E-state index >= 15 is 0 Å². The molecule has 1 aliphatic carbocycles. The lowest BCUT2D eigenvalue weighted by Crippen LogP contribution is -2.01. The van der Waals surface area contributed by atoms with Crippen LogP contribution in [0.2, 0.25) is 0 Å². The molecule has 0 bridgehead atoms. The van der Waals surface area contributed by atoms with Crippen molar-refractivity contribution in [1.82, 2.24) is 0 Å². The number of benzene rings is 1. The molecule has 74 valence electrons. The summed E-state index contributed by atoms with van der Waals surface area (Å²) in [7, 11) is 1.71. The summed E-state index contributed by atoms with van der Waals surface area (Å²) >= 11 is 1.92. The summed E-state index contributed by atoms with van der Waals surface area (Å²) in [4.78, 5) is 0. The normalized spacial score (nSPS) is 14.3. The largest absolute Gasteiger partial charge is 0.496 e. The first kappa shape index (κ1) is 9.83. The van der Waals surface area contributed by atoms with Gasteiger partial charge in [0.1, 0.15) is 11.5 Å². The summed E-state index contributed by atoms with van der Waals surface area (Å²) in [5.74, 6) is 2.01. The average Bonchev–Trinajstić information content (AvgIpc) is 2.27. The Hall–Kier alpha value is -0.710. The zero-order valence-electron chi connectivity index (χ0n) is 7.92. The fourth-order valence-corrected chi connectivity index (χ4v) is 2.08. The van der Waals surface area contributed by atoms with Gasteiger partial charge in [0, 0.05) is 12.0 Å². The summed E-state index contributed by atoms with van der Waals surface area (Å²) in [6, 6.07) is 6.10. The molecule has 0 heterocycles. The Morgan fingerprint density at radius 1 is 1.29 bits per heavy atom. The molecule has 3 heteroatoms. The highest BCUT2D eigenvalue weighted by molar-refractivity contribution is 14.1. The lowest BCUT2D eigenvalue weighted by atomic mass is 9.95. The Morgan fingerprint density at radius 3 is 2.86 bits per heavy atom. The van der Waals surface area contributed by atoms with Crippen molar-refractivity contribution in [3.8, 4) is 5.75 Å². The number of hydrogen-bond donors (Lipinski definition) is 0. The Kier molecular flexibility index (Phi) is 2.96. The van der Waals surface area contributed by atoms with E-state index in [0.29, 0.717) is 0 Å². The van der Waals surface area contributed by atoms with Gasteiger partial charge in [-0.2, -0.15) is 0 Å². The maximum absolute atomic E-state index is 5.31. The lowest BCUT2D eigenvalue weighted by molar-refractivity contribution is 0.407. The molecule has 0 aliphatic heterocycles. The van der Waals surface area contributed by atoms with Gasteiger partial charge in [0.15, 0.2) is 23.0 Å². The molecule has 1 aromatic carbocycles. The zero-order chi connectivity index (χ0) is 9.97. The van der Waals surface area contributed by atoms with Gasteiger partial charge < -0.3 is 7.80 Å². The second-order valence-corrected chi connectivity index (χ2v) is 3.66. The van der Waals surface area contributed by atoms with Crippen LogP contribution in [0.4, 0.5) is 0 Å². The molecular formula is C11H11IO2. The van der Waals surface area contributed by atoms with Crippen LogP contribution < -0.4 is 4.74 Å². The SMILES string of the molecule is COc1cccc2c1CCC(OI)=C2. The fourth-order valence-electron chi connectivity index (χ4n) is 1.73. The van der Waals surface area contributed by atoms with Crippen LogP contribution in [0, 0.1) is 0 Å². The fraction of sp³-hybridized carbons (Fsp3) is 0.273. The Balaban J connectivity index is 2.45. The van der Waals surface area contributed by atoms with Gasteiger partial charge in [0.25, 0.3) is 0 Å².